The number of anilines is 1. The van der Waals surface area contributed by atoms with Crippen LogP contribution in [0.5, 0.6) is 17.2 Å². The molecule has 0 unspecified atom stereocenters. The van der Waals surface area contributed by atoms with Crippen LogP contribution >= 0.6 is 11.6 Å². The van der Waals surface area contributed by atoms with Gasteiger partial charge in [-0.3, -0.25) is 0 Å². The van der Waals surface area contributed by atoms with E-state index in [0.29, 0.717) is 22.5 Å². The summed E-state index contributed by atoms with van der Waals surface area (Å²) in [4.78, 5) is 4.47. The molecule has 2 aliphatic rings. The zero-order chi connectivity index (χ0) is 23.2. The van der Waals surface area contributed by atoms with Gasteiger partial charge in [0.2, 0.25) is 5.95 Å². The van der Waals surface area contributed by atoms with E-state index >= 15 is 0 Å². The fourth-order valence-electron chi connectivity index (χ4n) is 4.69. The smallest absolute Gasteiger partial charge is 0.226 e. The van der Waals surface area contributed by atoms with E-state index in [1.54, 1.807) is 20.5 Å². The highest BCUT2D eigenvalue weighted by Crippen LogP contribution is 2.51. The Morgan fingerprint density at radius 2 is 1.76 bits per heavy atom. The van der Waals surface area contributed by atoms with Crippen molar-refractivity contribution in [2.75, 3.05) is 19.5 Å². The van der Waals surface area contributed by atoms with Crippen LogP contribution in [-0.4, -0.2) is 29.0 Å². The Morgan fingerprint density at radius 1 is 0.941 bits per heavy atom. The standard InChI is InChI=1S/C26H21ClN4O3/c1-32-20-10-8-16(12-21(20)33-2)24-22-23(30-26-28-14-29-31(24)26)18-13-17(27)9-11-19(18)34-25(22)15-6-4-3-5-7-15/h3-14,24-25H,1-2H3,(H,28,29,30)/t24-,25-/m0/s1. The van der Waals surface area contributed by atoms with Crippen LogP contribution in [0.2, 0.25) is 5.02 Å². The molecule has 2 atom stereocenters. The van der Waals surface area contributed by atoms with Gasteiger partial charge in [-0.1, -0.05) is 48.0 Å². The molecule has 1 N–H and O–H groups in total. The molecular weight excluding hydrogens is 452 g/mol. The zero-order valence-corrected chi connectivity index (χ0v) is 19.3. The lowest BCUT2D eigenvalue weighted by Crippen LogP contribution is -2.32. The SMILES string of the molecule is COc1ccc([C@H]2C3=C(Nc4ncnn42)c2cc(Cl)ccc2O[C@H]3c2ccccc2)cc1OC. The van der Waals surface area contributed by atoms with Gasteiger partial charge in [0.15, 0.2) is 11.5 Å². The van der Waals surface area contributed by atoms with E-state index in [-0.39, 0.29) is 12.1 Å². The van der Waals surface area contributed by atoms with Crippen LogP contribution in [0.25, 0.3) is 5.70 Å². The van der Waals surface area contributed by atoms with E-state index in [4.69, 9.17) is 25.8 Å². The predicted octanol–water partition coefficient (Wildman–Crippen LogP) is 5.51. The van der Waals surface area contributed by atoms with Gasteiger partial charge in [0.25, 0.3) is 0 Å². The molecule has 0 fully saturated rings. The first-order chi connectivity index (χ1) is 16.7. The Hall–Kier alpha value is -3.97. The van der Waals surface area contributed by atoms with E-state index in [1.807, 2.05) is 59.3 Å². The number of benzene rings is 3. The number of nitrogens with one attached hydrogen (secondary N) is 1. The van der Waals surface area contributed by atoms with Crippen LogP contribution in [0.1, 0.15) is 28.8 Å². The maximum absolute atomic E-state index is 6.61. The normalized spacial score (nSPS) is 18.2. The lowest BCUT2D eigenvalue weighted by Gasteiger charge is -2.39. The quantitative estimate of drug-likeness (QED) is 0.422. The summed E-state index contributed by atoms with van der Waals surface area (Å²) in [6, 6.07) is 21.4. The molecule has 1 aromatic heterocycles. The highest BCUT2D eigenvalue weighted by Gasteiger charge is 2.41. The van der Waals surface area contributed by atoms with Crippen molar-refractivity contribution in [3.05, 3.63) is 100 Å². The molecule has 0 radical (unpaired) electrons. The van der Waals surface area contributed by atoms with Crippen molar-refractivity contribution in [2.24, 2.45) is 0 Å². The lowest BCUT2D eigenvalue weighted by molar-refractivity contribution is 0.223. The van der Waals surface area contributed by atoms with Gasteiger partial charge in [-0.05, 0) is 41.5 Å². The first-order valence-electron chi connectivity index (χ1n) is 10.8. The summed E-state index contributed by atoms with van der Waals surface area (Å²) in [5.41, 5.74) is 4.80. The van der Waals surface area contributed by atoms with Crippen molar-refractivity contribution in [1.29, 1.82) is 0 Å². The second-order valence-corrected chi connectivity index (χ2v) is 8.49. The molecule has 0 aliphatic carbocycles. The van der Waals surface area contributed by atoms with Gasteiger partial charge in [-0.25, -0.2) is 4.68 Å². The Bertz CT molecular complexity index is 1420. The number of halogens is 1. The zero-order valence-electron chi connectivity index (χ0n) is 18.5. The summed E-state index contributed by atoms with van der Waals surface area (Å²) < 4.78 is 19.6. The highest BCUT2D eigenvalue weighted by atomic mass is 35.5. The number of aromatic nitrogens is 3. The molecule has 8 heteroatoms. The third-order valence-electron chi connectivity index (χ3n) is 6.20. The third kappa shape index (κ3) is 3.20. The number of methoxy groups -OCH3 is 2. The topological polar surface area (TPSA) is 70.4 Å². The van der Waals surface area contributed by atoms with Crippen LogP contribution < -0.4 is 19.5 Å². The molecule has 6 rings (SSSR count). The Balaban J connectivity index is 1.63. The summed E-state index contributed by atoms with van der Waals surface area (Å²) in [5, 5.41) is 8.68. The maximum Gasteiger partial charge on any atom is 0.226 e. The molecule has 4 aromatic rings. The highest BCUT2D eigenvalue weighted by molar-refractivity contribution is 6.30. The average molecular weight is 473 g/mol. The molecular formula is C26H21ClN4O3. The monoisotopic (exact) mass is 472 g/mol. The molecule has 3 heterocycles. The minimum atomic E-state index is -0.354. The first kappa shape index (κ1) is 20.6. The van der Waals surface area contributed by atoms with Gasteiger partial charge >= 0.3 is 0 Å². The largest absolute Gasteiger partial charge is 0.493 e. The fraction of sp³-hybridized carbons (Fsp3) is 0.154. The van der Waals surface area contributed by atoms with Crippen molar-refractivity contribution in [3.63, 3.8) is 0 Å². The third-order valence-corrected chi connectivity index (χ3v) is 6.44. The van der Waals surface area contributed by atoms with Crippen molar-refractivity contribution in [1.82, 2.24) is 14.8 Å². The molecule has 170 valence electrons. The molecule has 3 aromatic carbocycles. The number of nitrogens with zero attached hydrogens (tertiary/aromatic N) is 3. The average Bonchev–Trinajstić information content (AvgIpc) is 3.35. The Morgan fingerprint density at radius 3 is 2.56 bits per heavy atom. The Labute approximate surface area is 201 Å². The molecule has 7 nitrogen and oxygen atoms in total. The van der Waals surface area contributed by atoms with Gasteiger partial charge in [0, 0.05) is 16.2 Å². The van der Waals surface area contributed by atoms with E-state index in [9.17, 15) is 0 Å². The number of hydrogen-bond donors (Lipinski definition) is 1. The summed E-state index contributed by atoms with van der Waals surface area (Å²) in [5.74, 6) is 2.69. The molecule has 0 saturated heterocycles. The van der Waals surface area contributed by atoms with Crippen molar-refractivity contribution in [2.45, 2.75) is 12.1 Å². The summed E-state index contributed by atoms with van der Waals surface area (Å²) in [6.07, 6.45) is 1.19. The Kier molecular flexibility index (Phi) is 4.92. The molecule has 2 aliphatic heterocycles. The minimum Gasteiger partial charge on any atom is -0.493 e. The van der Waals surface area contributed by atoms with Gasteiger partial charge < -0.3 is 19.5 Å². The van der Waals surface area contributed by atoms with Crippen LogP contribution in [0.15, 0.2) is 78.6 Å². The van der Waals surface area contributed by atoms with Crippen LogP contribution in [0.3, 0.4) is 0 Å². The number of fused-ring (bicyclic) bond motifs is 3. The number of rotatable bonds is 4. The van der Waals surface area contributed by atoms with E-state index < -0.39 is 0 Å². The minimum absolute atomic E-state index is 0.300. The summed E-state index contributed by atoms with van der Waals surface area (Å²) >= 11 is 6.40. The molecule has 0 spiro atoms. The first-order valence-corrected chi connectivity index (χ1v) is 11.2. The number of ether oxygens (including phenoxy) is 3. The van der Waals surface area contributed by atoms with E-state index in [1.165, 1.54) is 0 Å². The van der Waals surface area contributed by atoms with Gasteiger partial charge in [-0.2, -0.15) is 10.1 Å². The summed E-state index contributed by atoms with van der Waals surface area (Å²) in [7, 11) is 3.25. The predicted molar refractivity (Wildman–Crippen MR) is 130 cm³/mol. The maximum atomic E-state index is 6.61. The lowest BCUT2D eigenvalue weighted by atomic mass is 9.84. The molecule has 34 heavy (non-hydrogen) atoms. The van der Waals surface area contributed by atoms with E-state index in [2.05, 4.69) is 27.5 Å². The van der Waals surface area contributed by atoms with Crippen LogP contribution in [0.4, 0.5) is 5.95 Å². The molecule has 0 amide bonds. The summed E-state index contributed by atoms with van der Waals surface area (Å²) in [6.45, 7) is 0. The van der Waals surface area contributed by atoms with Crippen LogP contribution in [-0.2, 0) is 0 Å². The second kappa shape index (κ2) is 8.11. The van der Waals surface area contributed by atoms with Crippen molar-refractivity contribution >= 4 is 23.2 Å². The molecule has 0 bridgehead atoms. The van der Waals surface area contributed by atoms with Gasteiger partial charge in [0.1, 0.15) is 24.2 Å². The van der Waals surface area contributed by atoms with E-state index in [0.717, 1.165) is 33.7 Å². The fourth-order valence-corrected chi connectivity index (χ4v) is 4.86. The van der Waals surface area contributed by atoms with Gasteiger partial charge in [-0.15, -0.1) is 0 Å². The molecule has 0 saturated carbocycles. The van der Waals surface area contributed by atoms with Crippen LogP contribution in [0, 0.1) is 0 Å². The van der Waals surface area contributed by atoms with Crippen molar-refractivity contribution in [3.8, 4) is 17.2 Å². The second-order valence-electron chi connectivity index (χ2n) is 8.05. The van der Waals surface area contributed by atoms with Gasteiger partial charge in [0.05, 0.1) is 19.9 Å². The number of hydrogen-bond acceptors (Lipinski definition) is 6. The van der Waals surface area contributed by atoms with Crippen molar-refractivity contribution < 1.29 is 14.2 Å².